The molecule has 0 bridgehead atoms. The molecule has 0 aliphatic carbocycles. The van der Waals surface area contributed by atoms with Gasteiger partial charge in [0.1, 0.15) is 10.0 Å². The number of aryl methyl sites for hydroxylation is 1. The minimum absolute atomic E-state index is 0.110. The Kier molecular flexibility index (Phi) is 5.41. The summed E-state index contributed by atoms with van der Waals surface area (Å²) in [6.07, 6.45) is 0.949. The molecule has 0 atom stereocenters. The van der Waals surface area contributed by atoms with Gasteiger partial charge in [-0.25, -0.2) is 23.1 Å². The van der Waals surface area contributed by atoms with Crippen molar-refractivity contribution in [2.75, 3.05) is 23.6 Å². The van der Waals surface area contributed by atoms with Gasteiger partial charge in [0.05, 0.1) is 22.4 Å². The van der Waals surface area contributed by atoms with Crippen molar-refractivity contribution in [2.45, 2.75) is 23.7 Å². The number of thiazole rings is 1. The zero-order valence-corrected chi connectivity index (χ0v) is 19.4. The summed E-state index contributed by atoms with van der Waals surface area (Å²) in [5.74, 6) is 0.451. The maximum Gasteiger partial charge on any atom is 0.297 e. The highest BCUT2D eigenvalue weighted by atomic mass is 32.2. The molecule has 0 unspecified atom stereocenters. The van der Waals surface area contributed by atoms with Gasteiger partial charge < -0.3 is 0 Å². The summed E-state index contributed by atoms with van der Waals surface area (Å²) < 4.78 is 30.2. The highest BCUT2D eigenvalue weighted by molar-refractivity contribution is 7.94. The molecule has 5 rings (SSSR count). The molecule has 10 nitrogen and oxygen atoms in total. The van der Waals surface area contributed by atoms with E-state index in [0.717, 1.165) is 41.4 Å². The Hall–Kier alpha value is -2.87. The van der Waals surface area contributed by atoms with E-state index in [9.17, 15) is 13.2 Å². The van der Waals surface area contributed by atoms with Gasteiger partial charge in [-0.15, -0.1) is 16.4 Å². The number of nitrogens with one attached hydrogen (secondary N) is 2. The third-order valence-electron chi connectivity index (χ3n) is 4.89. The van der Waals surface area contributed by atoms with E-state index in [4.69, 9.17) is 0 Å². The van der Waals surface area contributed by atoms with Gasteiger partial charge in [0.25, 0.3) is 15.9 Å². The fourth-order valence-corrected chi connectivity index (χ4v) is 6.34. The normalized spacial score (nSPS) is 14.8. The molecule has 1 aliphatic rings. The number of aromatic nitrogens is 4. The monoisotopic (exact) mass is 489 g/mol. The van der Waals surface area contributed by atoms with Crippen molar-refractivity contribution < 1.29 is 13.2 Å². The van der Waals surface area contributed by atoms with Crippen molar-refractivity contribution in [1.29, 1.82) is 0 Å². The van der Waals surface area contributed by atoms with Gasteiger partial charge in [0.15, 0.2) is 5.13 Å². The number of hydrogen-bond donors (Lipinski definition) is 2. The Bertz CT molecular complexity index is 1390. The first-order valence-corrected chi connectivity index (χ1v) is 13.0. The summed E-state index contributed by atoms with van der Waals surface area (Å²) in [5.41, 5.74) is 1.08. The molecule has 1 aromatic carbocycles. The van der Waals surface area contributed by atoms with Crippen molar-refractivity contribution >= 4 is 59.6 Å². The molecule has 4 aromatic rings. The maximum atomic E-state index is 12.7. The second kappa shape index (κ2) is 8.24. The van der Waals surface area contributed by atoms with Crippen LogP contribution in [0.2, 0.25) is 0 Å². The molecule has 3 aromatic heterocycles. The fraction of sp³-hybridized carbons (Fsp3) is 0.263. The predicted molar refractivity (Wildman–Crippen MR) is 124 cm³/mol. The number of carbonyl (C=O) groups excluding carboxylic acids is 1. The maximum absolute atomic E-state index is 12.7. The molecule has 0 spiro atoms. The number of hydrogen-bond acceptors (Lipinski definition) is 9. The van der Waals surface area contributed by atoms with Crippen LogP contribution in [0, 0.1) is 0 Å². The zero-order chi connectivity index (χ0) is 22.3. The lowest BCUT2D eigenvalue weighted by Gasteiger charge is -2.10. The number of anilines is 2. The Labute approximate surface area is 192 Å². The van der Waals surface area contributed by atoms with Crippen molar-refractivity contribution in [1.82, 2.24) is 24.6 Å². The van der Waals surface area contributed by atoms with Gasteiger partial charge in [-0.1, -0.05) is 17.4 Å². The minimum atomic E-state index is -3.63. The highest BCUT2D eigenvalue weighted by Gasteiger charge is 2.21. The van der Waals surface area contributed by atoms with E-state index in [1.54, 1.807) is 40.4 Å². The molecule has 0 fully saturated rings. The zero-order valence-electron chi connectivity index (χ0n) is 17.0. The van der Waals surface area contributed by atoms with E-state index in [1.807, 2.05) is 7.05 Å². The second-order valence-electron chi connectivity index (χ2n) is 7.36. The number of nitrogens with zero attached hydrogens (tertiary/aromatic N) is 5. The Morgan fingerprint density at radius 2 is 2.06 bits per heavy atom. The third kappa shape index (κ3) is 4.24. The Morgan fingerprint density at radius 1 is 1.19 bits per heavy atom. The van der Waals surface area contributed by atoms with E-state index in [2.05, 4.69) is 30.0 Å². The molecule has 0 saturated carbocycles. The van der Waals surface area contributed by atoms with Crippen molar-refractivity contribution in [3.05, 3.63) is 47.4 Å². The molecule has 13 heteroatoms. The summed E-state index contributed by atoms with van der Waals surface area (Å²) in [7, 11) is -1.62. The van der Waals surface area contributed by atoms with E-state index < -0.39 is 15.9 Å². The molecule has 2 N–H and O–H groups in total. The molecular weight excluding hydrogens is 470 g/mol. The number of thiophene rings is 1. The van der Waals surface area contributed by atoms with E-state index in [1.165, 1.54) is 11.3 Å². The van der Waals surface area contributed by atoms with Crippen LogP contribution in [0.3, 0.4) is 0 Å². The number of amides is 1. The van der Waals surface area contributed by atoms with Crippen LogP contribution in [0.1, 0.15) is 22.9 Å². The molecule has 32 heavy (non-hydrogen) atoms. The van der Waals surface area contributed by atoms with Crippen molar-refractivity contribution in [3.8, 4) is 0 Å². The van der Waals surface area contributed by atoms with Crippen LogP contribution >= 0.6 is 22.7 Å². The first-order chi connectivity index (χ1) is 15.4. The van der Waals surface area contributed by atoms with Crippen LogP contribution in [0.15, 0.2) is 39.9 Å². The number of rotatable bonds is 5. The van der Waals surface area contributed by atoms with Crippen LogP contribution in [-0.4, -0.2) is 52.6 Å². The van der Waals surface area contributed by atoms with Crippen molar-refractivity contribution in [3.63, 3.8) is 0 Å². The van der Waals surface area contributed by atoms with Gasteiger partial charge in [-0.2, -0.15) is 0 Å². The fourth-order valence-electron chi connectivity index (χ4n) is 3.39. The van der Waals surface area contributed by atoms with Gasteiger partial charge in [0, 0.05) is 13.1 Å². The van der Waals surface area contributed by atoms with Gasteiger partial charge in [-0.05, 0) is 43.1 Å². The molecule has 4 heterocycles. The molecule has 1 amide bonds. The van der Waals surface area contributed by atoms with Crippen LogP contribution in [0.25, 0.3) is 10.2 Å². The average Bonchev–Trinajstić information content (AvgIpc) is 3.46. The summed E-state index contributed by atoms with van der Waals surface area (Å²) in [5, 5.41) is 9.20. The molecule has 0 radical (unpaired) electrons. The number of benzene rings is 1. The quantitative estimate of drug-likeness (QED) is 0.442. The van der Waals surface area contributed by atoms with Gasteiger partial charge in [0.2, 0.25) is 5.82 Å². The number of sulfonamides is 1. The third-order valence-corrected chi connectivity index (χ3v) is 8.61. The lowest BCUT2D eigenvalue weighted by molar-refractivity contribution is 0.101. The lowest BCUT2D eigenvalue weighted by atomic mass is 10.3. The summed E-state index contributed by atoms with van der Waals surface area (Å²) in [6, 6.07) is 8.28. The molecule has 166 valence electrons. The Balaban J connectivity index is 1.33. The molecular formula is C19H19N7O3S3. The van der Waals surface area contributed by atoms with Crippen molar-refractivity contribution in [2.24, 2.45) is 0 Å². The highest BCUT2D eigenvalue weighted by Crippen LogP contribution is 2.30. The first-order valence-electron chi connectivity index (χ1n) is 9.78. The minimum Gasteiger partial charge on any atom is -0.299 e. The standard InChI is InChI=1S/C19H19N7O3S3/c1-25-7-3-8-26-15(11-25)21-17(23-26)18(27)22-19-20-13-6-5-12(10-14(13)31-19)24-32(28,29)16-4-2-9-30-16/h2,4-6,9-10,24H,3,7-8,11H2,1H3,(H,20,22,27). The Morgan fingerprint density at radius 3 is 2.88 bits per heavy atom. The summed E-state index contributed by atoms with van der Waals surface area (Å²) in [6.45, 7) is 2.33. The van der Waals surface area contributed by atoms with Gasteiger partial charge >= 0.3 is 0 Å². The van der Waals surface area contributed by atoms with E-state index in [0.29, 0.717) is 22.9 Å². The van der Waals surface area contributed by atoms with E-state index >= 15 is 0 Å². The SMILES string of the molecule is CN1CCCn2nc(C(=O)Nc3nc4ccc(NS(=O)(=O)c5cccs5)cc4s3)nc2C1. The summed E-state index contributed by atoms with van der Waals surface area (Å²) in [4.78, 5) is 23.6. The van der Waals surface area contributed by atoms with Crippen LogP contribution in [-0.2, 0) is 23.1 Å². The largest absolute Gasteiger partial charge is 0.299 e. The average molecular weight is 490 g/mol. The van der Waals surface area contributed by atoms with Crippen LogP contribution in [0.5, 0.6) is 0 Å². The number of fused-ring (bicyclic) bond motifs is 2. The molecule has 1 aliphatic heterocycles. The topological polar surface area (TPSA) is 122 Å². The molecule has 0 saturated heterocycles. The lowest BCUT2D eigenvalue weighted by Crippen LogP contribution is -2.18. The summed E-state index contributed by atoms with van der Waals surface area (Å²) >= 11 is 2.40. The van der Waals surface area contributed by atoms with Crippen LogP contribution in [0.4, 0.5) is 10.8 Å². The second-order valence-corrected chi connectivity index (χ2v) is 11.2. The number of carbonyl (C=O) groups is 1. The van der Waals surface area contributed by atoms with Crippen LogP contribution < -0.4 is 10.0 Å². The first kappa shape index (κ1) is 21.0. The van der Waals surface area contributed by atoms with Gasteiger partial charge in [-0.3, -0.25) is 19.7 Å². The van der Waals surface area contributed by atoms with E-state index in [-0.39, 0.29) is 10.0 Å². The predicted octanol–water partition coefficient (Wildman–Crippen LogP) is 2.84. The smallest absolute Gasteiger partial charge is 0.297 e.